The van der Waals surface area contributed by atoms with Crippen molar-refractivity contribution in [2.45, 2.75) is 127 Å². The van der Waals surface area contributed by atoms with Crippen LogP contribution < -0.4 is 24.8 Å². The van der Waals surface area contributed by atoms with Crippen molar-refractivity contribution in [3.05, 3.63) is 42.4 Å². The van der Waals surface area contributed by atoms with E-state index in [0.717, 1.165) is 4.90 Å². The van der Waals surface area contributed by atoms with Crippen LogP contribution in [0.2, 0.25) is 0 Å². The maximum Gasteiger partial charge on any atom is 0.427 e. The van der Waals surface area contributed by atoms with Crippen LogP contribution in [0.3, 0.4) is 0 Å². The van der Waals surface area contributed by atoms with Crippen LogP contribution in [0.15, 0.2) is 36.5 Å². The number of hydrogen-bond donors (Lipinski definition) is 3. The Morgan fingerprint density at radius 1 is 1.10 bits per heavy atom. The number of pyridine rings is 1. The van der Waals surface area contributed by atoms with Crippen LogP contribution in [0.5, 0.6) is 11.6 Å². The van der Waals surface area contributed by atoms with Crippen LogP contribution in [0.25, 0.3) is 10.8 Å². The van der Waals surface area contributed by atoms with E-state index in [9.17, 15) is 40.8 Å². The summed E-state index contributed by atoms with van der Waals surface area (Å²) in [6, 6.07) is 1.44. The van der Waals surface area contributed by atoms with Gasteiger partial charge in [-0.2, -0.15) is 13.2 Å². The molecule has 7 atom stereocenters. The molecule has 324 valence electrons. The summed E-state index contributed by atoms with van der Waals surface area (Å²) in [6.07, 6.45) is 0.0946. The summed E-state index contributed by atoms with van der Waals surface area (Å²) in [5.74, 6) is -4.50. The smallest absolute Gasteiger partial charge is 0.427 e. The van der Waals surface area contributed by atoms with Crippen LogP contribution in [-0.2, 0) is 29.1 Å². The topological polar surface area (TPSA) is 182 Å². The van der Waals surface area contributed by atoms with Crippen LogP contribution in [0.4, 0.5) is 22.4 Å². The van der Waals surface area contributed by atoms with Crippen molar-refractivity contribution in [2.75, 3.05) is 13.2 Å². The molecule has 1 aromatic carbocycles. The third kappa shape index (κ3) is 9.54. The number of ether oxygens (including phenoxy) is 3. The molecule has 2 aromatic rings. The van der Waals surface area contributed by atoms with Crippen LogP contribution in [0, 0.1) is 23.6 Å². The van der Waals surface area contributed by atoms with Crippen LogP contribution in [-0.4, -0.2) is 96.0 Å². The lowest BCUT2D eigenvalue weighted by Crippen LogP contribution is -2.59. The van der Waals surface area contributed by atoms with Crippen molar-refractivity contribution in [2.24, 2.45) is 17.8 Å². The third-order valence-electron chi connectivity index (χ3n) is 11.6. The second kappa shape index (κ2) is 16.8. The highest BCUT2D eigenvalue weighted by Gasteiger charge is 2.62. The van der Waals surface area contributed by atoms with Gasteiger partial charge in [-0.1, -0.05) is 32.4 Å². The summed E-state index contributed by atoms with van der Waals surface area (Å²) >= 11 is 0. The van der Waals surface area contributed by atoms with Crippen molar-refractivity contribution in [1.29, 1.82) is 0 Å². The lowest BCUT2D eigenvalue weighted by atomic mass is 9.85. The summed E-state index contributed by atoms with van der Waals surface area (Å²) < 4.78 is 101. The normalized spacial score (nSPS) is 28.1. The molecule has 3 heterocycles. The van der Waals surface area contributed by atoms with Crippen LogP contribution >= 0.6 is 0 Å². The van der Waals surface area contributed by atoms with E-state index in [1.807, 2.05) is 13.0 Å². The molecule has 2 aliphatic heterocycles. The summed E-state index contributed by atoms with van der Waals surface area (Å²) in [6.45, 7) is 6.70. The average molecular weight is 854 g/mol. The zero-order valence-electron chi connectivity index (χ0n) is 33.6. The molecule has 0 bridgehead atoms. The van der Waals surface area contributed by atoms with Crippen molar-refractivity contribution < 1.29 is 59.4 Å². The van der Waals surface area contributed by atoms with E-state index in [2.05, 4.69) is 20.3 Å². The van der Waals surface area contributed by atoms with Gasteiger partial charge in [0.05, 0.1) is 18.4 Å². The van der Waals surface area contributed by atoms with Crippen LogP contribution in [0.1, 0.15) is 86.0 Å². The van der Waals surface area contributed by atoms with Gasteiger partial charge in [-0.25, -0.2) is 22.6 Å². The minimum absolute atomic E-state index is 0.0118. The summed E-state index contributed by atoms with van der Waals surface area (Å²) in [5, 5.41) is 5.22. The molecular weight excluding hydrogens is 803 g/mol. The van der Waals surface area contributed by atoms with Crippen molar-refractivity contribution in [1.82, 2.24) is 25.2 Å². The van der Waals surface area contributed by atoms with Gasteiger partial charge in [-0.15, -0.1) is 0 Å². The molecule has 59 heavy (non-hydrogen) atoms. The SMILES string of the molecule is CCOc1cc2ccnc(O[C@@H]3C[C@H]4C(=O)N[C@]5(C(=O)NS(=O)(=O)C6CC6)C[C@H]5C=CCC[C@@H](C)C[C@@H](CC)[C@H](NC(=O)OC(C)(C)C(F)(F)F)C(=O)N4C3)c2cc1F. The molecule has 6 rings (SSSR count). The third-order valence-corrected chi connectivity index (χ3v) is 13.5. The molecule has 4 amide bonds. The maximum atomic E-state index is 15.1. The van der Waals surface area contributed by atoms with E-state index in [1.165, 1.54) is 18.3 Å². The predicted molar refractivity (Wildman–Crippen MR) is 206 cm³/mol. The first-order chi connectivity index (χ1) is 27.7. The first-order valence-corrected chi connectivity index (χ1v) is 21.5. The summed E-state index contributed by atoms with van der Waals surface area (Å²) in [7, 11) is -4.01. The number of hydrogen-bond acceptors (Lipinski definition) is 10. The fourth-order valence-electron chi connectivity index (χ4n) is 7.83. The van der Waals surface area contributed by atoms with Gasteiger partial charge in [0.1, 0.15) is 23.7 Å². The quantitative estimate of drug-likeness (QED) is 0.206. The molecule has 19 heteroatoms. The van der Waals surface area contributed by atoms with Gasteiger partial charge in [0, 0.05) is 23.9 Å². The lowest BCUT2D eigenvalue weighted by molar-refractivity contribution is -0.244. The van der Waals surface area contributed by atoms with Gasteiger partial charge in [0.2, 0.25) is 33.3 Å². The minimum Gasteiger partial charge on any atom is -0.491 e. The Balaban J connectivity index is 1.37. The van der Waals surface area contributed by atoms with Crippen molar-refractivity contribution >= 4 is 44.6 Å². The van der Waals surface area contributed by atoms with Crippen molar-refractivity contribution in [3.8, 4) is 11.6 Å². The summed E-state index contributed by atoms with van der Waals surface area (Å²) in [4.78, 5) is 61.8. The van der Waals surface area contributed by atoms with Gasteiger partial charge < -0.3 is 29.7 Å². The number of benzene rings is 1. The summed E-state index contributed by atoms with van der Waals surface area (Å²) in [5.41, 5.74) is -4.58. The molecule has 0 radical (unpaired) electrons. The molecule has 3 fully saturated rings. The Kier molecular flexibility index (Phi) is 12.5. The monoisotopic (exact) mass is 853 g/mol. The zero-order chi connectivity index (χ0) is 43.1. The predicted octanol–water partition coefficient (Wildman–Crippen LogP) is 5.44. The largest absolute Gasteiger partial charge is 0.491 e. The molecule has 0 unspecified atom stereocenters. The lowest BCUT2D eigenvalue weighted by Gasteiger charge is -2.35. The van der Waals surface area contributed by atoms with Gasteiger partial charge in [-0.05, 0) is 94.7 Å². The molecule has 1 saturated heterocycles. The van der Waals surface area contributed by atoms with Gasteiger partial charge >= 0.3 is 12.3 Å². The second-order valence-corrected chi connectivity index (χ2v) is 18.5. The molecule has 3 N–H and O–H groups in total. The highest BCUT2D eigenvalue weighted by atomic mass is 32.2. The maximum absolute atomic E-state index is 15.1. The molecular formula is C40H51F4N5O9S. The number of amides is 4. The number of alkyl carbamates (subject to hydrolysis) is 1. The number of carbonyl (C=O) groups is 4. The fourth-order valence-corrected chi connectivity index (χ4v) is 9.19. The number of halogens is 4. The number of nitrogens with zero attached hydrogens (tertiary/aromatic N) is 2. The standard InChI is InChI=1S/C40H51F4N5O9S/c1-6-23-16-22(3)10-8-9-11-25-20-39(25,36(52)48-59(54,55)27-12-13-27)47-33(50)30-18-26(57-34-28-19-29(41)31(56-7-2)17-24(28)14-15-45-34)21-49(30)35(51)32(23)46-37(53)58-38(4,5)40(42,43)44/h9,11,14-15,17,19,22-23,25-27,30,32H,6-8,10,12-13,16,18,20-21H2,1-5H3,(H,46,53)(H,47,50)(H,48,52)/t22-,23-,25-,26-,30+,32+,39-/m1/s1. The second-order valence-electron chi connectivity index (χ2n) is 16.5. The minimum atomic E-state index is -4.94. The number of nitrogens with one attached hydrogen (secondary N) is 3. The number of fused-ring (bicyclic) bond motifs is 3. The van der Waals surface area contributed by atoms with Gasteiger partial charge in [-0.3, -0.25) is 19.1 Å². The molecule has 2 saturated carbocycles. The molecule has 14 nitrogen and oxygen atoms in total. The Morgan fingerprint density at radius 3 is 2.49 bits per heavy atom. The fraction of sp³-hybridized carbons (Fsp3) is 0.625. The Bertz CT molecular complexity index is 2100. The number of alkyl halides is 3. The average Bonchev–Trinajstić information content (AvgIpc) is 4.08. The van der Waals surface area contributed by atoms with E-state index in [0.29, 0.717) is 57.8 Å². The molecule has 2 aliphatic carbocycles. The number of allylic oxidation sites excluding steroid dienone is 1. The van der Waals surface area contributed by atoms with Crippen molar-refractivity contribution in [3.63, 3.8) is 0 Å². The number of rotatable bonds is 10. The highest BCUT2D eigenvalue weighted by molar-refractivity contribution is 7.91. The van der Waals surface area contributed by atoms with E-state index in [-0.39, 0.29) is 48.9 Å². The molecule has 1 aromatic heterocycles. The Hall–Kier alpha value is -4.68. The van der Waals surface area contributed by atoms with E-state index >= 15 is 4.39 Å². The first kappa shape index (κ1) is 43.9. The number of aromatic nitrogens is 1. The highest BCUT2D eigenvalue weighted by Crippen LogP contribution is 2.46. The Labute approximate surface area is 340 Å². The Morgan fingerprint density at radius 2 is 1.83 bits per heavy atom. The van der Waals surface area contributed by atoms with E-state index in [1.54, 1.807) is 26.0 Å². The van der Waals surface area contributed by atoms with E-state index < -0.39 is 92.2 Å². The zero-order valence-corrected chi connectivity index (χ0v) is 34.4. The number of sulfonamides is 1. The van der Waals surface area contributed by atoms with Gasteiger partial charge in [0.15, 0.2) is 11.6 Å². The van der Waals surface area contributed by atoms with E-state index in [4.69, 9.17) is 14.2 Å². The molecule has 4 aliphatic rings. The van der Waals surface area contributed by atoms with Gasteiger partial charge in [0.25, 0.3) is 5.91 Å². The first-order valence-electron chi connectivity index (χ1n) is 20.0. The number of carbonyl (C=O) groups excluding carboxylic acids is 4. The molecule has 0 spiro atoms.